The molecule has 1 aliphatic heterocycles. The maximum atomic E-state index is 12.5. The maximum absolute atomic E-state index is 12.5. The zero-order chi connectivity index (χ0) is 22.8. The molecule has 7 heteroatoms. The van der Waals surface area contributed by atoms with Gasteiger partial charge in [0.25, 0.3) is 0 Å². The Hall–Kier alpha value is -1.08. The second kappa shape index (κ2) is 9.37. The summed E-state index contributed by atoms with van der Waals surface area (Å²) in [5.41, 5.74) is -0.606. The number of carbonyl (C=O) groups excluding carboxylic acids is 2. The molecule has 170 valence electrons. The molecule has 0 spiro atoms. The van der Waals surface area contributed by atoms with Gasteiger partial charge in [-0.1, -0.05) is 34.6 Å². The number of rotatable bonds is 7. The van der Waals surface area contributed by atoms with Gasteiger partial charge in [-0.2, -0.15) is 0 Å². The highest BCUT2D eigenvalue weighted by molar-refractivity contribution is 6.74. The monoisotopic (exact) mass is 429 g/mol. The van der Waals surface area contributed by atoms with Crippen LogP contribution in [0.3, 0.4) is 0 Å². The van der Waals surface area contributed by atoms with Crippen LogP contribution in [0.5, 0.6) is 0 Å². The molecule has 1 N–H and O–H groups in total. The molecule has 0 saturated carbocycles. The zero-order valence-electron chi connectivity index (χ0n) is 20.3. The van der Waals surface area contributed by atoms with Crippen LogP contribution in [-0.4, -0.2) is 44.2 Å². The van der Waals surface area contributed by atoms with Crippen LogP contribution < -0.4 is 5.32 Å². The molecule has 0 aliphatic carbocycles. The summed E-state index contributed by atoms with van der Waals surface area (Å²) < 4.78 is 17.7. The van der Waals surface area contributed by atoms with E-state index in [0.717, 1.165) is 6.42 Å². The Morgan fingerprint density at radius 2 is 1.72 bits per heavy atom. The molecule has 0 aromatic rings. The molecule has 1 fully saturated rings. The second-order valence-electron chi connectivity index (χ2n) is 11.3. The first-order valence-corrected chi connectivity index (χ1v) is 13.7. The topological polar surface area (TPSA) is 73.9 Å². The third-order valence-corrected chi connectivity index (χ3v) is 10.3. The number of ether oxygens (including phenoxy) is 2. The lowest BCUT2D eigenvalue weighted by Crippen LogP contribution is -2.55. The van der Waals surface area contributed by atoms with Crippen molar-refractivity contribution in [2.45, 2.75) is 117 Å². The van der Waals surface area contributed by atoms with Crippen LogP contribution in [0.1, 0.15) is 75.2 Å². The van der Waals surface area contributed by atoms with Crippen molar-refractivity contribution in [2.75, 3.05) is 0 Å². The fourth-order valence-corrected chi connectivity index (χ4v) is 4.75. The molecular formula is C22H43NO5Si. The predicted octanol–water partition coefficient (Wildman–Crippen LogP) is 5.27. The Balaban J connectivity index is 3.03. The van der Waals surface area contributed by atoms with E-state index in [1.54, 1.807) is 0 Å². The van der Waals surface area contributed by atoms with Gasteiger partial charge in [-0.05, 0) is 64.6 Å². The van der Waals surface area contributed by atoms with Crippen LogP contribution in [-0.2, 0) is 18.7 Å². The molecule has 29 heavy (non-hydrogen) atoms. The average molecular weight is 430 g/mol. The van der Waals surface area contributed by atoms with Crippen molar-refractivity contribution in [3.05, 3.63) is 0 Å². The first-order chi connectivity index (χ1) is 12.9. The molecule has 6 nitrogen and oxygen atoms in total. The normalized spacial score (nSPS) is 23.0. The Bertz CT molecular complexity index is 577. The van der Waals surface area contributed by atoms with Gasteiger partial charge in [-0.15, -0.1) is 0 Å². The summed E-state index contributed by atoms with van der Waals surface area (Å²) >= 11 is 0. The van der Waals surface area contributed by atoms with E-state index in [4.69, 9.17) is 13.9 Å². The van der Waals surface area contributed by atoms with Gasteiger partial charge in [0.2, 0.25) is 0 Å². The fraction of sp³-hybridized carbons (Fsp3) is 0.909. The van der Waals surface area contributed by atoms with E-state index in [-0.39, 0.29) is 23.0 Å². The van der Waals surface area contributed by atoms with E-state index in [1.165, 1.54) is 0 Å². The molecule has 0 aromatic heterocycles. The number of esters is 1. The predicted molar refractivity (Wildman–Crippen MR) is 118 cm³/mol. The third-order valence-electron chi connectivity index (χ3n) is 5.75. The highest BCUT2D eigenvalue weighted by Gasteiger charge is 2.45. The second-order valence-corrected chi connectivity index (χ2v) is 16.0. The van der Waals surface area contributed by atoms with Crippen molar-refractivity contribution < 1.29 is 23.5 Å². The van der Waals surface area contributed by atoms with Crippen LogP contribution >= 0.6 is 0 Å². The van der Waals surface area contributed by atoms with E-state index in [2.05, 4.69) is 53.0 Å². The van der Waals surface area contributed by atoms with Crippen molar-refractivity contribution in [3.63, 3.8) is 0 Å². The molecular weight excluding hydrogens is 386 g/mol. The lowest BCUT2D eigenvalue weighted by Gasteiger charge is -2.41. The average Bonchev–Trinajstić information content (AvgIpc) is 2.81. The molecule has 1 saturated heterocycles. The minimum Gasteiger partial charge on any atom is -0.460 e. The molecule has 0 unspecified atom stereocenters. The van der Waals surface area contributed by atoms with Crippen molar-refractivity contribution in [3.8, 4) is 0 Å². The van der Waals surface area contributed by atoms with E-state index in [1.807, 2.05) is 27.7 Å². The van der Waals surface area contributed by atoms with Crippen LogP contribution in [0.2, 0.25) is 18.1 Å². The first-order valence-electron chi connectivity index (χ1n) is 10.8. The van der Waals surface area contributed by atoms with Gasteiger partial charge < -0.3 is 19.2 Å². The minimum atomic E-state index is -2.07. The Morgan fingerprint density at radius 3 is 2.17 bits per heavy atom. The summed E-state index contributed by atoms with van der Waals surface area (Å²) in [6, 6.07) is -0.458. The molecule has 1 aliphatic rings. The SMILES string of the molecule is CC(C)C[C@@H]1C[C@@H]([C@H](NC(=O)OC(C)(C)C)[C@@H](C)O[Si](C)(C)C(C)(C)C)OC1=O. The number of alkyl carbamates (subject to hydrolysis) is 1. The van der Waals surface area contributed by atoms with Crippen LogP contribution in [0.15, 0.2) is 0 Å². The minimum absolute atomic E-state index is 0.0320. The lowest BCUT2D eigenvalue weighted by atomic mass is 9.91. The van der Waals surface area contributed by atoms with E-state index >= 15 is 0 Å². The van der Waals surface area contributed by atoms with E-state index < -0.39 is 32.2 Å². The van der Waals surface area contributed by atoms with Gasteiger partial charge in [-0.25, -0.2) is 4.79 Å². The van der Waals surface area contributed by atoms with Crippen LogP contribution in [0, 0.1) is 11.8 Å². The number of hydrogen-bond acceptors (Lipinski definition) is 5. The fourth-order valence-electron chi connectivity index (χ4n) is 3.32. The molecule has 1 heterocycles. The molecule has 0 radical (unpaired) electrons. The Kier molecular flexibility index (Phi) is 8.39. The van der Waals surface area contributed by atoms with Gasteiger partial charge in [0.15, 0.2) is 8.32 Å². The molecule has 0 bridgehead atoms. The summed E-state index contributed by atoms with van der Waals surface area (Å²) in [4.78, 5) is 24.9. The van der Waals surface area contributed by atoms with Gasteiger partial charge >= 0.3 is 12.1 Å². The van der Waals surface area contributed by atoms with E-state index in [0.29, 0.717) is 12.3 Å². The Morgan fingerprint density at radius 1 is 1.17 bits per heavy atom. The molecule has 0 aromatic carbocycles. The molecule has 1 amide bonds. The largest absolute Gasteiger partial charge is 0.460 e. The lowest BCUT2D eigenvalue weighted by molar-refractivity contribution is -0.146. The quantitative estimate of drug-likeness (QED) is 0.441. The summed E-state index contributed by atoms with van der Waals surface area (Å²) in [6.45, 7) is 22.5. The smallest absolute Gasteiger partial charge is 0.408 e. The summed E-state index contributed by atoms with van der Waals surface area (Å²) in [6.07, 6.45) is 0.128. The zero-order valence-corrected chi connectivity index (χ0v) is 21.3. The molecule has 4 atom stereocenters. The highest BCUT2D eigenvalue weighted by Crippen LogP contribution is 2.38. The summed E-state index contributed by atoms with van der Waals surface area (Å²) in [5.74, 6) is 0.0895. The van der Waals surface area contributed by atoms with Crippen LogP contribution in [0.4, 0.5) is 4.79 Å². The van der Waals surface area contributed by atoms with E-state index in [9.17, 15) is 9.59 Å². The van der Waals surface area contributed by atoms with Crippen molar-refractivity contribution in [2.24, 2.45) is 11.8 Å². The molecule has 1 rings (SSSR count). The van der Waals surface area contributed by atoms with Gasteiger partial charge in [0.1, 0.15) is 11.7 Å². The number of nitrogens with one attached hydrogen (secondary N) is 1. The third kappa shape index (κ3) is 7.93. The summed E-state index contributed by atoms with van der Waals surface area (Å²) in [5, 5.41) is 2.97. The Labute approximate surface area is 178 Å². The van der Waals surface area contributed by atoms with Gasteiger partial charge in [0, 0.05) is 0 Å². The highest BCUT2D eigenvalue weighted by atomic mass is 28.4. The number of amides is 1. The van der Waals surface area contributed by atoms with Gasteiger partial charge in [0.05, 0.1) is 18.1 Å². The maximum Gasteiger partial charge on any atom is 0.408 e. The van der Waals surface area contributed by atoms with Crippen LogP contribution in [0.25, 0.3) is 0 Å². The van der Waals surface area contributed by atoms with Crippen molar-refractivity contribution in [1.82, 2.24) is 5.32 Å². The van der Waals surface area contributed by atoms with Crippen molar-refractivity contribution >= 4 is 20.4 Å². The summed E-state index contributed by atoms with van der Waals surface area (Å²) in [7, 11) is -2.07. The number of cyclic esters (lactones) is 1. The standard InChI is InChI=1S/C22H43NO5Si/c1-14(2)12-16-13-17(26-19(16)24)18(23-20(25)27-21(4,5)6)15(3)28-29(10,11)22(7,8)9/h14-18H,12-13H2,1-11H3,(H,23,25)/t15-,16-,17+,18-/m1/s1. The number of hydrogen-bond donors (Lipinski definition) is 1. The van der Waals surface area contributed by atoms with Crippen molar-refractivity contribution in [1.29, 1.82) is 0 Å². The number of carbonyl (C=O) groups is 2. The van der Waals surface area contributed by atoms with Gasteiger partial charge in [-0.3, -0.25) is 4.79 Å². The first kappa shape index (κ1) is 26.0.